The van der Waals surface area contributed by atoms with E-state index in [2.05, 4.69) is 16.8 Å². The summed E-state index contributed by atoms with van der Waals surface area (Å²) in [5.74, 6) is 4.60. The lowest BCUT2D eigenvalue weighted by molar-refractivity contribution is -0.135. The van der Waals surface area contributed by atoms with Crippen LogP contribution in [0.3, 0.4) is 0 Å². The zero-order valence-electron chi connectivity index (χ0n) is 6.82. The fourth-order valence-corrected chi connectivity index (χ4v) is 0.748. The molecule has 13 heavy (non-hydrogen) atoms. The Morgan fingerprint density at radius 3 is 3.08 bits per heavy atom. The van der Waals surface area contributed by atoms with Crippen LogP contribution in [0.15, 0.2) is 18.3 Å². The van der Waals surface area contributed by atoms with Gasteiger partial charge in [-0.2, -0.15) is 0 Å². The molecule has 1 heterocycles. The summed E-state index contributed by atoms with van der Waals surface area (Å²) in [6, 6.07) is 3.26. The molecule has 1 aromatic rings. The summed E-state index contributed by atoms with van der Waals surface area (Å²) < 4.78 is 0. The molecule has 0 radical (unpaired) electrons. The van der Waals surface area contributed by atoms with E-state index in [0.717, 1.165) is 0 Å². The first kappa shape index (κ1) is 9.07. The van der Waals surface area contributed by atoms with Crippen molar-refractivity contribution in [2.24, 2.45) is 0 Å². The average Bonchev–Trinajstić information content (AvgIpc) is 2.03. The molecule has 1 aromatic heterocycles. The van der Waals surface area contributed by atoms with E-state index >= 15 is 0 Å². The fourth-order valence-electron chi connectivity index (χ4n) is 0.748. The van der Waals surface area contributed by atoms with Crippen molar-refractivity contribution in [3.8, 4) is 11.8 Å². The minimum absolute atomic E-state index is 0.164. The van der Waals surface area contributed by atoms with Gasteiger partial charge in [0, 0.05) is 11.8 Å². The molecule has 4 nitrogen and oxygen atoms in total. The summed E-state index contributed by atoms with van der Waals surface area (Å²) in [7, 11) is 0. The second-order valence-corrected chi connectivity index (χ2v) is 2.34. The molecule has 0 aliphatic heterocycles. The Bertz CT molecular complexity index is 377. The first-order valence-corrected chi connectivity index (χ1v) is 3.60. The van der Waals surface area contributed by atoms with E-state index < -0.39 is 5.97 Å². The van der Waals surface area contributed by atoms with Crippen LogP contribution in [0.2, 0.25) is 0 Å². The average molecular weight is 176 g/mol. The Hall–Kier alpha value is -2.02. The molecule has 1 rings (SSSR count). The van der Waals surface area contributed by atoms with Gasteiger partial charge in [-0.3, -0.25) is 4.79 Å². The van der Waals surface area contributed by atoms with Gasteiger partial charge in [-0.25, -0.2) is 4.98 Å². The van der Waals surface area contributed by atoms with Crippen molar-refractivity contribution in [2.45, 2.75) is 6.42 Å². The zero-order valence-corrected chi connectivity index (χ0v) is 6.82. The number of carboxylic acid groups (broad SMARTS) is 1. The van der Waals surface area contributed by atoms with Gasteiger partial charge in [0.25, 0.3) is 0 Å². The second-order valence-electron chi connectivity index (χ2n) is 2.34. The van der Waals surface area contributed by atoms with E-state index in [-0.39, 0.29) is 6.42 Å². The van der Waals surface area contributed by atoms with Crippen molar-refractivity contribution >= 4 is 11.8 Å². The highest BCUT2D eigenvalue weighted by atomic mass is 16.4. The lowest BCUT2D eigenvalue weighted by atomic mass is 10.2. The number of nitrogens with two attached hydrogens (primary N) is 1. The highest BCUT2D eigenvalue weighted by Crippen LogP contribution is 2.00. The van der Waals surface area contributed by atoms with Crippen LogP contribution >= 0.6 is 0 Å². The Morgan fingerprint density at radius 1 is 1.69 bits per heavy atom. The smallest absolute Gasteiger partial charge is 0.315 e. The Kier molecular flexibility index (Phi) is 2.87. The number of hydrogen-bond donors (Lipinski definition) is 2. The third kappa shape index (κ3) is 3.25. The lowest BCUT2D eigenvalue weighted by Crippen LogP contribution is -1.91. The summed E-state index contributed by atoms with van der Waals surface area (Å²) in [6.07, 6.45) is 1.36. The minimum atomic E-state index is -0.936. The maximum Gasteiger partial charge on any atom is 0.315 e. The lowest BCUT2D eigenvalue weighted by Gasteiger charge is -1.90. The highest BCUT2D eigenvalue weighted by Gasteiger charge is 1.90. The van der Waals surface area contributed by atoms with Crippen LogP contribution in [0, 0.1) is 11.8 Å². The van der Waals surface area contributed by atoms with Crippen LogP contribution in [-0.2, 0) is 4.79 Å². The fraction of sp³-hybridized carbons (Fsp3) is 0.111. The van der Waals surface area contributed by atoms with Gasteiger partial charge in [-0.15, -0.1) is 0 Å². The van der Waals surface area contributed by atoms with Crippen LogP contribution < -0.4 is 5.73 Å². The molecule has 0 amide bonds. The number of hydrogen-bond acceptors (Lipinski definition) is 3. The molecular formula is C9H8N2O2. The second kappa shape index (κ2) is 4.12. The molecule has 3 N–H and O–H groups in total. The molecule has 0 atom stereocenters. The molecule has 0 aromatic carbocycles. The number of carbonyl (C=O) groups is 1. The van der Waals surface area contributed by atoms with Crippen molar-refractivity contribution in [1.29, 1.82) is 0 Å². The van der Waals surface area contributed by atoms with Gasteiger partial charge in [-0.1, -0.05) is 11.8 Å². The third-order valence-corrected chi connectivity index (χ3v) is 1.25. The van der Waals surface area contributed by atoms with E-state index in [1.807, 2.05) is 0 Å². The number of nitrogens with zero attached hydrogens (tertiary/aromatic N) is 1. The third-order valence-electron chi connectivity index (χ3n) is 1.25. The Labute approximate surface area is 75.4 Å². The van der Waals surface area contributed by atoms with Crippen molar-refractivity contribution in [1.82, 2.24) is 4.98 Å². The minimum Gasteiger partial charge on any atom is -0.481 e. The molecule has 0 aliphatic carbocycles. The maximum absolute atomic E-state index is 10.1. The summed E-state index contributed by atoms with van der Waals surface area (Å²) in [4.78, 5) is 13.9. The van der Waals surface area contributed by atoms with Crippen molar-refractivity contribution in [3.63, 3.8) is 0 Å². The SMILES string of the molecule is Nc1cc(C#CCC(=O)O)ccn1. The van der Waals surface area contributed by atoms with Crippen LogP contribution in [0.25, 0.3) is 0 Å². The molecule has 0 spiro atoms. The van der Waals surface area contributed by atoms with Gasteiger partial charge in [-0.05, 0) is 12.1 Å². The molecule has 0 saturated heterocycles. The Balaban J connectivity index is 2.72. The summed E-state index contributed by atoms with van der Waals surface area (Å²) in [5.41, 5.74) is 6.07. The van der Waals surface area contributed by atoms with Crippen LogP contribution in [0.5, 0.6) is 0 Å². The molecular weight excluding hydrogens is 168 g/mol. The van der Waals surface area contributed by atoms with E-state index in [9.17, 15) is 4.79 Å². The van der Waals surface area contributed by atoms with Gasteiger partial charge in [0.2, 0.25) is 0 Å². The predicted octanol–water partition coefficient (Wildman–Crippen LogP) is 0.490. The number of nitrogen functional groups attached to an aromatic ring is 1. The number of pyridine rings is 1. The molecule has 4 heteroatoms. The van der Waals surface area contributed by atoms with Crippen LogP contribution in [0.4, 0.5) is 5.82 Å². The van der Waals surface area contributed by atoms with Gasteiger partial charge in [0.15, 0.2) is 0 Å². The maximum atomic E-state index is 10.1. The predicted molar refractivity (Wildman–Crippen MR) is 47.8 cm³/mol. The number of rotatable bonds is 1. The van der Waals surface area contributed by atoms with E-state index in [0.29, 0.717) is 11.4 Å². The van der Waals surface area contributed by atoms with Gasteiger partial charge in [0.05, 0.1) is 0 Å². The first-order valence-electron chi connectivity index (χ1n) is 3.60. The van der Waals surface area contributed by atoms with Crippen molar-refractivity contribution in [3.05, 3.63) is 23.9 Å². The van der Waals surface area contributed by atoms with Gasteiger partial charge < -0.3 is 10.8 Å². The van der Waals surface area contributed by atoms with Crippen molar-refractivity contribution in [2.75, 3.05) is 5.73 Å². The molecule has 0 aliphatic rings. The topological polar surface area (TPSA) is 76.2 Å². The van der Waals surface area contributed by atoms with E-state index in [1.165, 1.54) is 6.20 Å². The normalized spacial score (nSPS) is 8.62. The standard InChI is InChI=1S/C9H8N2O2/c10-8-6-7(4-5-11-8)2-1-3-9(12)13/h4-6H,3H2,(H2,10,11)(H,12,13). The monoisotopic (exact) mass is 176 g/mol. The van der Waals surface area contributed by atoms with Gasteiger partial charge in [0.1, 0.15) is 12.2 Å². The largest absolute Gasteiger partial charge is 0.481 e. The number of aromatic nitrogens is 1. The van der Waals surface area contributed by atoms with Crippen LogP contribution in [-0.4, -0.2) is 16.1 Å². The zero-order chi connectivity index (χ0) is 9.68. The molecule has 0 unspecified atom stereocenters. The summed E-state index contributed by atoms with van der Waals surface area (Å²) >= 11 is 0. The number of carboxylic acids is 1. The number of aliphatic carboxylic acids is 1. The molecule has 0 bridgehead atoms. The van der Waals surface area contributed by atoms with Gasteiger partial charge >= 0.3 is 5.97 Å². The van der Waals surface area contributed by atoms with Crippen molar-refractivity contribution < 1.29 is 9.90 Å². The Morgan fingerprint density at radius 2 is 2.46 bits per heavy atom. The highest BCUT2D eigenvalue weighted by molar-refractivity contribution is 5.70. The first-order chi connectivity index (χ1) is 6.18. The summed E-state index contributed by atoms with van der Waals surface area (Å²) in [6.45, 7) is 0. The molecule has 0 saturated carbocycles. The molecule has 0 fully saturated rings. The molecule has 66 valence electrons. The number of anilines is 1. The van der Waals surface area contributed by atoms with E-state index in [4.69, 9.17) is 10.8 Å². The van der Waals surface area contributed by atoms with Crippen LogP contribution in [0.1, 0.15) is 12.0 Å². The summed E-state index contributed by atoms with van der Waals surface area (Å²) in [5, 5.41) is 8.31. The van der Waals surface area contributed by atoms with E-state index in [1.54, 1.807) is 12.1 Å². The quantitative estimate of drug-likeness (QED) is 0.610.